The van der Waals surface area contributed by atoms with Crippen molar-refractivity contribution < 1.29 is 27.8 Å². The molecule has 0 spiro atoms. The molecule has 0 aromatic carbocycles. The lowest BCUT2D eigenvalue weighted by atomic mass is 10.3. The summed E-state index contributed by atoms with van der Waals surface area (Å²) >= 11 is 0. The standard InChI is InChI=1S/C3H3F4O2/c4-2(5,1-8)3(6,7)9/h8H,1H2. The molecule has 0 fully saturated rings. The van der Waals surface area contributed by atoms with Crippen molar-refractivity contribution in [2.45, 2.75) is 12.0 Å². The third kappa shape index (κ3) is 1.79. The lowest BCUT2D eigenvalue weighted by Crippen LogP contribution is -2.42. The van der Waals surface area contributed by atoms with E-state index in [1.807, 2.05) is 0 Å². The molecule has 0 aliphatic rings. The van der Waals surface area contributed by atoms with Crippen molar-refractivity contribution in [3.63, 3.8) is 0 Å². The first-order valence-corrected chi connectivity index (χ1v) is 1.88. The number of aliphatic hydroxyl groups excluding tert-OH is 1. The zero-order chi connectivity index (χ0) is 7.71. The molecule has 2 nitrogen and oxygen atoms in total. The molecule has 0 rings (SSSR count). The molecule has 0 saturated heterocycles. The first kappa shape index (κ1) is 8.64. The van der Waals surface area contributed by atoms with Crippen LogP contribution in [-0.2, 0) is 5.11 Å². The Balaban J connectivity index is 4.14. The Morgan fingerprint density at radius 3 is 1.56 bits per heavy atom. The number of hydrogen-bond donors (Lipinski definition) is 1. The van der Waals surface area contributed by atoms with Gasteiger partial charge in [0, 0.05) is 0 Å². The Morgan fingerprint density at radius 2 is 1.56 bits per heavy atom. The highest BCUT2D eigenvalue weighted by molar-refractivity contribution is 4.72. The van der Waals surface area contributed by atoms with Crippen LogP contribution in [0.3, 0.4) is 0 Å². The second-order valence-electron chi connectivity index (χ2n) is 1.38. The average Bonchev–Trinajstić information content (AvgIpc) is 1.64. The van der Waals surface area contributed by atoms with Crippen molar-refractivity contribution in [1.29, 1.82) is 0 Å². The van der Waals surface area contributed by atoms with Crippen molar-refractivity contribution in [3.8, 4) is 0 Å². The van der Waals surface area contributed by atoms with Gasteiger partial charge in [0.2, 0.25) is 0 Å². The predicted molar refractivity (Wildman–Crippen MR) is 17.7 cm³/mol. The Hall–Kier alpha value is -0.360. The Bertz CT molecular complexity index is 96.5. The normalized spacial score (nSPS) is 14.0. The van der Waals surface area contributed by atoms with Crippen molar-refractivity contribution in [2.75, 3.05) is 6.61 Å². The zero-order valence-corrected chi connectivity index (χ0v) is 4.07. The van der Waals surface area contributed by atoms with E-state index in [9.17, 15) is 17.6 Å². The Morgan fingerprint density at radius 1 is 1.22 bits per heavy atom. The smallest absolute Gasteiger partial charge is 0.390 e. The molecular formula is C3H3F4O2. The van der Waals surface area contributed by atoms with Crippen molar-refractivity contribution in [3.05, 3.63) is 0 Å². The molecule has 1 radical (unpaired) electrons. The molecule has 55 valence electrons. The highest BCUT2D eigenvalue weighted by atomic mass is 19.3. The van der Waals surface area contributed by atoms with Crippen LogP contribution in [0.5, 0.6) is 0 Å². The summed E-state index contributed by atoms with van der Waals surface area (Å²) in [5, 5.41) is 16.6. The first-order valence-electron chi connectivity index (χ1n) is 1.88. The SMILES string of the molecule is [O]C(F)(F)C(F)(F)CO. The minimum Gasteiger partial charge on any atom is -0.390 e. The van der Waals surface area contributed by atoms with E-state index in [2.05, 4.69) is 0 Å². The molecule has 1 N–H and O–H groups in total. The highest BCUT2D eigenvalue weighted by Gasteiger charge is 2.56. The van der Waals surface area contributed by atoms with Gasteiger partial charge in [0.15, 0.2) is 0 Å². The number of rotatable bonds is 2. The van der Waals surface area contributed by atoms with Gasteiger partial charge in [-0.05, 0) is 0 Å². The summed E-state index contributed by atoms with van der Waals surface area (Å²) in [5.41, 5.74) is 0. The van der Waals surface area contributed by atoms with Gasteiger partial charge in [-0.25, -0.2) is 0 Å². The van der Waals surface area contributed by atoms with E-state index in [0.29, 0.717) is 0 Å². The summed E-state index contributed by atoms with van der Waals surface area (Å²) in [6.07, 6.45) is -5.39. The zero-order valence-electron chi connectivity index (χ0n) is 4.07. The number of alkyl halides is 4. The fourth-order valence-corrected chi connectivity index (χ4v) is 0.0920. The van der Waals surface area contributed by atoms with E-state index < -0.39 is 18.6 Å². The fourth-order valence-electron chi connectivity index (χ4n) is 0.0920. The van der Waals surface area contributed by atoms with Crippen LogP contribution in [-0.4, -0.2) is 23.7 Å². The van der Waals surface area contributed by atoms with Crippen LogP contribution in [0.25, 0.3) is 0 Å². The summed E-state index contributed by atoms with van der Waals surface area (Å²) in [7, 11) is 0. The van der Waals surface area contributed by atoms with E-state index in [1.54, 1.807) is 0 Å². The number of halogens is 4. The quantitative estimate of drug-likeness (QED) is 0.572. The van der Waals surface area contributed by atoms with Crippen LogP contribution in [0.2, 0.25) is 0 Å². The van der Waals surface area contributed by atoms with Gasteiger partial charge in [0.1, 0.15) is 6.61 Å². The summed E-state index contributed by atoms with van der Waals surface area (Å²) in [4.78, 5) is 0. The first-order chi connectivity index (χ1) is 3.81. The van der Waals surface area contributed by atoms with Gasteiger partial charge in [0.05, 0.1) is 0 Å². The van der Waals surface area contributed by atoms with E-state index in [-0.39, 0.29) is 0 Å². The van der Waals surface area contributed by atoms with E-state index >= 15 is 0 Å². The second kappa shape index (κ2) is 2.11. The molecule has 0 heterocycles. The van der Waals surface area contributed by atoms with Crippen LogP contribution in [0.1, 0.15) is 0 Å². The predicted octanol–water partition coefficient (Wildman–Crippen LogP) is 0.637. The fraction of sp³-hybridized carbons (Fsp3) is 1.00. The average molecular weight is 147 g/mol. The maximum absolute atomic E-state index is 11.3. The molecule has 0 aromatic heterocycles. The molecule has 0 atom stereocenters. The Labute approximate surface area is 47.7 Å². The summed E-state index contributed by atoms with van der Waals surface area (Å²) in [6, 6.07) is 0. The third-order valence-electron chi connectivity index (χ3n) is 0.624. The Kier molecular flexibility index (Phi) is 2.02. The number of hydrogen-bond acceptors (Lipinski definition) is 1. The van der Waals surface area contributed by atoms with Gasteiger partial charge < -0.3 is 5.11 Å². The largest absolute Gasteiger partial charge is 0.447 e. The van der Waals surface area contributed by atoms with Crippen molar-refractivity contribution >= 4 is 0 Å². The molecule has 0 saturated carbocycles. The van der Waals surface area contributed by atoms with Crippen LogP contribution in [0.4, 0.5) is 17.6 Å². The van der Waals surface area contributed by atoms with E-state index in [0.717, 1.165) is 0 Å². The lowest BCUT2D eigenvalue weighted by Gasteiger charge is -2.15. The lowest BCUT2D eigenvalue weighted by molar-refractivity contribution is -0.360. The van der Waals surface area contributed by atoms with Gasteiger partial charge in [-0.3, -0.25) is 0 Å². The highest BCUT2D eigenvalue weighted by Crippen LogP contribution is 2.31. The van der Waals surface area contributed by atoms with Crippen molar-refractivity contribution in [1.82, 2.24) is 0 Å². The molecule has 9 heavy (non-hydrogen) atoms. The topological polar surface area (TPSA) is 40.1 Å². The molecule has 0 aliphatic heterocycles. The van der Waals surface area contributed by atoms with Gasteiger partial charge >= 0.3 is 12.0 Å². The number of aliphatic hydroxyl groups is 1. The van der Waals surface area contributed by atoms with E-state index in [1.165, 1.54) is 0 Å². The monoisotopic (exact) mass is 147 g/mol. The molecule has 6 heteroatoms. The summed E-state index contributed by atoms with van der Waals surface area (Å²) in [5.74, 6) is -4.85. The molecule has 0 aromatic rings. The summed E-state index contributed by atoms with van der Waals surface area (Å²) < 4.78 is 44.8. The van der Waals surface area contributed by atoms with Crippen LogP contribution >= 0.6 is 0 Å². The third-order valence-corrected chi connectivity index (χ3v) is 0.624. The van der Waals surface area contributed by atoms with Gasteiger partial charge in [-0.1, -0.05) is 0 Å². The molecule has 0 amide bonds. The maximum atomic E-state index is 11.3. The van der Waals surface area contributed by atoms with Gasteiger partial charge in [-0.2, -0.15) is 22.7 Å². The second-order valence-corrected chi connectivity index (χ2v) is 1.38. The van der Waals surface area contributed by atoms with Crippen molar-refractivity contribution in [2.24, 2.45) is 0 Å². The molecule has 0 bridgehead atoms. The van der Waals surface area contributed by atoms with E-state index in [4.69, 9.17) is 10.2 Å². The molecular weight excluding hydrogens is 144 g/mol. The van der Waals surface area contributed by atoms with Gasteiger partial charge in [0.25, 0.3) is 0 Å². The molecule has 0 unspecified atom stereocenters. The van der Waals surface area contributed by atoms with Gasteiger partial charge in [-0.15, -0.1) is 0 Å². The van der Waals surface area contributed by atoms with Crippen LogP contribution in [0.15, 0.2) is 0 Å². The van der Waals surface area contributed by atoms with Crippen LogP contribution < -0.4 is 0 Å². The minimum absolute atomic E-state index is 2.14. The summed E-state index contributed by atoms with van der Waals surface area (Å²) in [6.45, 7) is -2.14. The molecule has 0 aliphatic carbocycles. The minimum atomic E-state index is -5.39. The maximum Gasteiger partial charge on any atom is 0.447 e. The van der Waals surface area contributed by atoms with Crippen LogP contribution in [0, 0.1) is 0 Å².